The van der Waals surface area contributed by atoms with Gasteiger partial charge in [0.1, 0.15) is 11.5 Å². The molecular formula is C19H18ClN3O5S. The maximum absolute atomic E-state index is 13.1. The molecule has 152 valence electrons. The van der Waals surface area contributed by atoms with Gasteiger partial charge < -0.3 is 9.47 Å². The molecule has 0 aliphatic rings. The second-order valence-corrected chi connectivity index (χ2v) is 8.14. The van der Waals surface area contributed by atoms with Crippen molar-refractivity contribution >= 4 is 27.3 Å². The molecular weight excluding hydrogens is 418 g/mol. The third-order valence-electron chi connectivity index (χ3n) is 4.17. The quantitative estimate of drug-likeness (QED) is 0.615. The van der Waals surface area contributed by atoms with Gasteiger partial charge >= 0.3 is 0 Å². The molecule has 0 fully saturated rings. The Morgan fingerprint density at radius 1 is 1.03 bits per heavy atom. The Kier molecular flexibility index (Phi) is 5.81. The zero-order valence-corrected chi connectivity index (χ0v) is 17.4. The van der Waals surface area contributed by atoms with Crippen LogP contribution in [0.3, 0.4) is 0 Å². The average molecular weight is 436 g/mol. The van der Waals surface area contributed by atoms with Crippen molar-refractivity contribution in [2.45, 2.75) is 11.8 Å². The molecule has 3 rings (SSSR count). The van der Waals surface area contributed by atoms with E-state index < -0.39 is 10.0 Å². The third-order valence-corrected chi connectivity index (χ3v) is 5.97. The molecule has 0 aliphatic carbocycles. The largest absolute Gasteiger partial charge is 0.495 e. The zero-order chi connectivity index (χ0) is 21.2. The van der Waals surface area contributed by atoms with Crippen LogP contribution in [-0.2, 0) is 10.0 Å². The van der Waals surface area contributed by atoms with Gasteiger partial charge in [0.05, 0.1) is 35.5 Å². The summed E-state index contributed by atoms with van der Waals surface area (Å²) in [5.74, 6) is 0.611. The van der Waals surface area contributed by atoms with Crippen molar-refractivity contribution in [2.24, 2.45) is 0 Å². The van der Waals surface area contributed by atoms with E-state index >= 15 is 0 Å². The molecule has 2 aromatic carbocycles. The number of H-pyrrole nitrogens is 1. The van der Waals surface area contributed by atoms with Gasteiger partial charge in [-0.1, -0.05) is 23.7 Å². The van der Waals surface area contributed by atoms with Crippen molar-refractivity contribution in [3.8, 4) is 22.8 Å². The number of nitrogens with zero attached hydrogens (tertiary/aromatic N) is 1. The fourth-order valence-corrected chi connectivity index (χ4v) is 4.27. The molecule has 0 aliphatic heterocycles. The molecule has 0 unspecified atom stereocenters. The van der Waals surface area contributed by atoms with E-state index in [0.29, 0.717) is 22.6 Å². The van der Waals surface area contributed by atoms with Crippen LogP contribution in [0.2, 0.25) is 5.02 Å². The molecule has 0 radical (unpaired) electrons. The molecule has 3 aromatic rings. The second-order valence-electron chi connectivity index (χ2n) is 6.08. The van der Waals surface area contributed by atoms with E-state index in [4.69, 9.17) is 21.1 Å². The minimum Gasteiger partial charge on any atom is -0.495 e. The number of methoxy groups -OCH3 is 2. The van der Waals surface area contributed by atoms with E-state index in [-0.39, 0.29) is 26.9 Å². The van der Waals surface area contributed by atoms with Crippen LogP contribution in [0.1, 0.15) is 5.56 Å². The molecule has 29 heavy (non-hydrogen) atoms. The lowest BCUT2D eigenvalue weighted by atomic mass is 10.1. The molecule has 1 heterocycles. The summed E-state index contributed by atoms with van der Waals surface area (Å²) in [6.07, 6.45) is 0. The lowest BCUT2D eigenvalue weighted by Crippen LogP contribution is -2.15. The molecule has 2 N–H and O–H groups in total. The van der Waals surface area contributed by atoms with Gasteiger partial charge in [0, 0.05) is 17.7 Å². The molecule has 0 saturated carbocycles. The summed E-state index contributed by atoms with van der Waals surface area (Å²) in [6, 6.07) is 10.6. The van der Waals surface area contributed by atoms with Crippen LogP contribution in [0.4, 0.5) is 5.69 Å². The molecule has 10 heteroatoms. The van der Waals surface area contributed by atoms with Crippen molar-refractivity contribution in [2.75, 3.05) is 18.9 Å². The lowest BCUT2D eigenvalue weighted by molar-refractivity contribution is 0.396. The van der Waals surface area contributed by atoms with E-state index in [2.05, 4.69) is 14.9 Å². The summed E-state index contributed by atoms with van der Waals surface area (Å²) in [5.41, 5.74) is 1.33. The fraction of sp³-hybridized carbons (Fsp3) is 0.158. The first-order valence-corrected chi connectivity index (χ1v) is 10.2. The first kappa shape index (κ1) is 20.7. The first-order chi connectivity index (χ1) is 13.7. The Bertz CT molecular complexity index is 1200. The molecule has 0 spiro atoms. The molecule has 0 amide bonds. The number of benzene rings is 2. The SMILES string of the molecule is COc1cc(OC)c(NS(=O)(=O)c2cc(-c3ccc(=O)[nH]n3)ccc2C)cc1Cl. The lowest BCUT2D eigenvalue weighted by Gasteiger charge is -2.15. The first-order valence-electron chi connectivity index (χ1n) is 8.36. The van der Waals surface area contributed by atoms with E-state index in [1.165, 1.54) is 44.6 Å². The number of aromatic amines is 1. The summed E-state index contributed by atoms with van der Waals surface area (Å²) in [6.45, 7) is 1.68. The van der Waals surface area contributed by atoms with Gasteiger partial charge in [-0.05, 0) is 30.7 Å². The number of hydrogen-bond acceptors (Lipinski definition) is 6. The number of halogens is 1. The van der Waals surface area contributed by atoms with Crippen LogP contribution in [0.25, 0.3) is 11.3 Å². The van der Waals surface area contributed by atoms with E-state index in [1.54, 1.807) is 19.1 Å². The van der Waals surface area contributed by atoms with Gasteiger partial charge in [0.2, 0.25) is 0 Å². The van der Waals surface area contributed by atoms with Crippen molar-refractivity contribution in [1.82, 2.24) is 10.2 Å². The fourth-order valence-electron chi connectivity index (χ4n) is 2.69. The predicted molar refractivity (Wildman–Crippen MR) is 110 cm³/mol. The number of rotatable bonds is 6. The van der Waals surface area contributed by atoms with Crippen LogP contribution in [0, 0.1) is 6.92 Å². The molecule has 0 atom stereocenters. The van der Waals surface area contributed by atoms with Gasteiger partial charge in [-0.3, -0.25) is 9.52 Å². The molecule has 0 saturated heterocycles. The number of ether oxygens (including phenoxy) is 2. The van der Waals surface area contributed by atoms with Crippen molar-refractivity contribution in [3.05, 3.63) is 63.4 Å². The topological polar surface area (TPSA) is 110 Å². The number of sulfonamides is 1. The number of hydrogen-bond donors (Lipinski definition) is 2. The van der Waals surface area contributed by atoms with Crippen molar-refractivity contribution in [3.63, 3.8) is 0 Å². The Balaban J connectivity index is 2.04. The Labute approximate surface area is 172 Å². The molecule has 0 bridgehead atoms. The van der Waals surface area contributed by atoms with E-state index in [1.807, 2.05) is 0 Å². The highest BCUT2D eigenvalue weighted by Gasteiger charge is 2.21. The molecule has 1 aromatic heterocycles. The second kappa shape index (κ2) is 8.14. The number of anilines is 1. The van der Waals surface area contributed by atoms with Gasteiger partial charge in [-0.15, -0.1) is 0 Å². The van der Waals surface area contributed by atoms with Gasteiger partial charge in [0.15, 0.2) is 0 Å². The Morgan fingerprint density at radius 3 is 2.38 bits per heavy atom. The number of aryl methyl sites for hydroxylation is 1. The van der Waals surface area contributed by atoms with Gasteiger partial charge in [-0.2, -0.15) is 5.10 Å². The average Bonchev–Trinajstić information content (AvgIpc) is 2.69. The minimum atomic E-state index is -3.98. The summed E-state index contributed by atoms with van der Waals surface area (Å²) >= 11 is 6.13. The Hall–Kier alpha value is -3.04. The van der Waals surface area contributed by atoms with E-state index in [0.717, 1.165) is 0 Å². The summed E-state index contributed by atoms with van der Waals surface area (Å²) in [7, 11) is -1.12. The smallest absolute Gasteiger partial charge is 0.264 e. The Morgan fingerprint density at radius 2 is 1.76 bits per heavy atom. The van der Waals surface area contributed by atoms with Crippen LogP contribution in [0.5, 0.6) is 11.5 Å². The van der Waals surface area contributed by atoms with Gasteiger partial charge in [0.25, 0.3) is 15.6 Å². The van der Waals surface area contributed by atoms with E-state index in [9.17, 15) is 13.2 Å². The monoisotopic (exact) mass is 435 g/mol. The summed E-state index contributed by atoms with van der Waals surface area (Å²) in [4.78, 5) is 11.3. The number of aromatic nitrogens is 2. The van der Waals surface area contributed by atoms with Crippen LogP contribution >= 0.6 is 11.6 Å². The standard InChI is InChI=1S/C19H18ClN3O5S/c1-11-4-5-12(14-6-7-19(24)22-21-14)8-18(11)29(25,26)23-15-9-13(20)16(27-2)10-17(15)28-3/h4-10,23H,1-3H3,(H,22,24). The maximum Gasteiger partial charge on any atom is 0.264 e. The predicted octanol–water partition coefficient (Wildman–Crippen LogP) is 3.22. The highest BCUT2D eigenvalue weighted by atomic mass is 35.5. The van der Waals surface area contributed by atoms with Gasteiger partial charge in [-0.25, -0.2) is 13.5 Å². The summed E-state index contributed by atoms with van der Waals surface area (Å²) < 4.78 is 39.0. The van der Waals surface area contributed by atoms with Crippen LogP contribution < -0.4 is 19.8 Å². The normalized spacial score (nSPS) is 11.2. The van der Waals surface area contributed by atoms with Crippen LogP contribution in [-0.4, -0.2) is 32.8 Å². The van der Waals surface area contributed by atoms with Crippen LogP contribution in [0.15, 0.2) is 52.2 Å². The maximum atomic E-state index is 13.1. The highest BCUT2D eigenvalue weighted by Crippen LogP contribution is 2.37. The number of nitrogens with one attached hydrogen (secondary N) is 2. The zero-order valence-electron chi connectivity index (χ0n) is 15.8. The minimum absolute atomic E-state index is 0.0528. The van der Waals surface area contributed by atoms with Crippen molar-refractivity contribution < 1.29 is 17.9 Å². The molecule has 8 nitrogen and oxygen atoms in total. The highest BCUT2D eigenvalue weighted by molar-refractivity contribution is 7.92. The van der Waals surface area contributed by atoms with Crippen molar-refractivity contribution in [1.29, 1.82) is 0 Å². The third kappa shape index (κ3) is 4.36. The summed E-state index contributed by atoms with van der Waals surface area (Å²) in [5, 5.41) is 6.50.